The highest BCUT2D eigenvalue weighted by Crippen LogP contribution is 2.20. The summed E-state index contributed by atoms with van der Waals surface area (Å²) >= 11 is 0. The minimum absolute atomic E-state index is 0.587. The van der Waals surface area contributed by atoms with Gasteiger partial charge in [-0.25, -0.2) is 0 Å². The summed E-state index contributed by atoms with van der Waals surface area (Å²) in [4.78, 5) is 2.54. The number of nitrogens with one attached hydrogen (secondary N) is 1. The zero-order valence-corrected chi connectivity index (χ0v) is 13.5. The maximum Gasteiger partial charge on any atom is 0.0991 e. The molecule has 0 bridgehead atoms. The first kappa shape index (κ1) is 16.0. The Labute approximate surface area is 129 Å². The van der Waals surface area contributed by atoms with Crippen LogP contribution in [0.25, 0.3) is 0 Å². The molecule has 1 N–H and O–H groups in total. The predicted molar refractivity (Wildman–Crippen MR) is 87.0 cm³/mol. The summed E-state index contributed by atoms with van der Waals surface area (Å²) in [5, 5.41) is 12.5. The highest BCUT2D eigenvalue weighted by atomic mass is 15.1. The fraction of sp³-hybridized carbons (Fsp3) is 0.611. The van der Waals surface area contributed by atoms with E-state index in [2.05, 4.69) is 43.1 Å². The highest BCUT2D eigenvalue weighted by molar-refractivity contribution is 5.37. The molecule has 3 nitrogen and oxygen atoms in total. The van der Waals surface area contributed by atoms with Gasteiger partial charge in [0.25, 0.3) is 0 Å². The summed E-state index contributed by atoms with van der Waals surface area (Å²) < 4.78 is 0. The Bertz CT molecular complexity index is 494. The summed E-state index contributed by atoms with van der Waals surface area (Å²) in [7, 11) is 0. The number of rotatable bonds is 5. The van der Waals surface area contributed by atoms with E-state index in [0.717, 1.165) is 24.6 Å². The van der Waals surface area contributed by atoms with Gasteiger partial charge in [0.1, 0.15) is 0 Å². The standard InChI is InChI=1S/C18H27N3/c1-14(2)20-12-16-6-8-21(9-7-16)13-18-5-4-17(11-19)10-15(18)3/h4-5,10,14,16,20H,6-9,12-13H2,1-3H3. The van der Waals surface area contributed by atoms with Crippen molar-refractivity contribution in [2.24, 2.45) is 5.92 Å². The van der Waals surface area contributed by atoms with Gasteiger partial charge in [0.2, 0.25) is 0 Å². The van der Waals surface area contributed by atoms with E-state index in [0.29, 0.717) is 6.04 Å². The van der Waals surface area contributed by atoms with Crippen molar-refractivity contribution in [1.29, 1.82) is 5.26 Å². The van der Waals surface area contributed by atoms with E-state index in [1.165, 1.54) is 37.1 Å². The Hall–Kier alpha value is -1.37. The summed E-state index contributed by atoms with van der Waals surface area (Å²) in [6, 6.07) is 8.83. The van der Waals surface area contributed by atoms with Crippen LogP contribution in [0.3, 0.4) is 0 Å². The first-order valence-electron chi connectivity index (χ1n) is 8.04. The third kappa shape index (κ3) is 4.84. The lowest BCUT2D eigenvalue weighted by Crippen LogP contribution is -2.38. The smallest absolute Gasteiger partial charge is 0.0991 e. The van der Waals surface area contributed by atoms with Gasteiger partial charge in [-0.3, -0.25) is 4.90 Å². The van der Waals surface area contributed by atoms with Crippen LogP contribution in [-0.2, 0) is 6.54 Å². The normalized spacial score (nSPS) is 17.1. The molecule has 0 aliphatic carbocycles. The lowest BCUT2D eigenvalue weighted by Gasteiger charge is -2.32. The Morgan fingerprint density at radius 3 is 2.62 bits per heavy atom. The number of aryl methyl sites for hydroxylation is 1. The average molecular weight is 285 g/mol. The number of benzene rings is 1. The molecule has 0 amide bonds. The molecule has 1 aliphatic heterocycles. The largest absolute Gasteiger partial charge is 0.314 e. The number of hydrogen-bond donors (Lipinski definition) is 1. The first-order valence-corrected chi connectivity index (χ1v) is 8.04. The molecule has 1 aromatic carbocycles. The van der Waals surface area contributed by atoms with Gasteiger partial charge in [0, 0.05) is 12.6 Å². The van der Waals surface area contributed by atoms with Gasteiger partial charge in [-0.05, 0) is 68.6 Å². The van der Waals surface area contributed by atoms with E-state index in [4.69, 9.17) is 5.26 Å². The molecular formula is C18H27N3. The van der Waals surface area contributed by atoms with E-state index in [1.54, 1.807) is 0 Å². The fourth-order valence-electron chi connectivity index (χ4n) is 2.93. The van der Waals surface area contributed by atoms with Crippen LogP contribution >= 0.6 is 0 Å². The number of likely N-dealkylation sites (tertiary alicyclic amines) is 1. The second-order valence-corrected chi connectivity index (χ2v) is 6.54. The Morgan fingerprint density at radius 1 is 1.33 bits per heavy atom. The van der Waals surface area contributed by atoms with Gasteiger partial charge in [-0.15, -0.1) is 0 Å². The summed E-state index contributed by atoms with van der Waals surface area (Å²) in [5.74, 6) is 0.825. The van der Waals surface area contributed by atoms with Gasteiger partial charge in [0.15, 0.2) is 0 Å². The fourth-order valence-corrected chi connectivity index (χ4v) is 2.93. The van der Waals surface area contributed by atoms with Gasteiger partial charge in [0.05, 0.1) is 11.6 Å². The van der Waals surface area contributed by atoms with Crippen LogP contribution in [0.1, 0.15) is 43.4 Å². The SMILES string of the molecule is Cc1cc(C#N)ccc1CN1CCC(CNC(C)C)CC1. The number of nitriles is 1. The maximum absolute atomic E-state index is 8.93. The molecule has 1 heterocycles. The lowest BCUT2D eigenvalue weighted by molar-refractivity contribution is 0.174. The van der Waals surface area contributed by atoms with Crippen molar-refractivity contribution in [2.45, 2.75) is 46.2 Å². The number of hydrogen-bond acceptors (Lipinski definition) is 3. The zero-order chi connectivity index (χ0) is 15.2. The van der Waals surface area contributed by atoms with Gasteiger partial charge < -0.3 is 5.32 Å². The highest BCUT2D eigenvalue weighted by Gasteiger charge is 2.19. The van der Waals surface area contributed by atoms with Crippen molar-refractivity contribution in [3.8, 4) is 6.07 Å². The molecule has 3 heteroatoms. The average Bonchev–Trinajstić information content (AvgIpc) is 2.48. The molecule has 2 rings (SSSR count). The third-order valence-electron chi connectivity index (χ3n) is 4.39. The van der Waals surface area contributed by atoms with E-state index >= 15 is 0 Å². The van der Waals surface area contributed by atoms with Gasteiger partial charge in [-0.1, -0.05) is 19.9 Å². The van der Waals surface area contributed by atoms with Crippen molar-refractivity contribution >= 4 is 0 Å². The zero-order valence-electron chi connectivity index (χ0n) is 13.5. The van der Waals surface area contributed by atoms with E-state index in [-0.39, 0.29) is 0 Å². The predicted octanol–water partition coefficient (Wildman–Crippen LogP) is 3.08. The molecule has 114 valence electrons. The summed E-state index contributed by atoms with van der Waals surface area (Å²) in [6.07, 6.45) is 2.57. The molecule has 1 fully saturated rings. The van der Waals surface area contributed by atoms with E-state index < -0.39 is 0 Å². The van der Waals surface area contributed by atoms with Crippen molar-refractivity contribution < 1.29 is 0 Å². The maximum atomic E-state index is 8.93. The lowest BCUT2D eigenvalue weighted by atomic mass is 9.95. The van der Waals surface area contributed by atoms with Crippen LogP contribution in [0.2, 0.25) is 0 Å². The van der Waals surface area contributed by atoms with Crippen LogP contribution in [0.4, 0.5) is 0 Å². The van der Waals surface area contributed by atoms with E-state index in [9.17, 15) is 0 Å². The number of nitrogens with zero attached hydrogens (tertiary/aromatic N) is 2. The monoisotopic (exact) mass is 285 g/mol. The molecule has 0 radical (unpaired) electrons. The van der Waals surface area contributed by atoms with Crippen molar-refractivity contribution in [3.05, 3.63) is 34.9 Å². The van der Waals surface area contributed by atoms with Crippen molar-refractivity contribution in [3.63, 3.8) is 0 Å². The molecule has 0 unspecified atom stereocenters. The van der Waals surface area contributed by atoms with Crippen LogP contribution in [0, 0.1) is 24.2 Å². The Kier molecular flexibility index (Phi) is 5.78. The second kappa shape index (κ2) is 7.59. The Morgan fingerprint density at radius 2 is 2.05 bits per heavy atom. The topological polar surface area (TPSA) is 39.1 Å². The minimum Gasteiger partial charge on any atom is -0.314 e. The molecular weight excluding hydrogens is 258 g/mol. The number of piperidine rings is 1. The van der Waals surface area contributed by atoms with Crippen molar-refractivity contribution in [1.82, 2.24) is 10.2 Å². The molecule has 0 aromatic heterocycles. The molecule has 1 aliphatic rings. The van der Waals surface area contributed by atoms with E-state index in [1.807, 2.05) is 12.1 Å². The van der Waals surface area contributed by atoms with Crippen LogP contribution < -0.4 is 5.32 Å². The third-order valence-corrected chi connectivity index (χ3v) is 4.39. The second-order valence-electron chi connectivity index (χ2n) is 6.54. The van der Waals surface area contributed by atoms with Gasteiger partial charge >= 0.3 is 0 Å². The minimum atomic E-state index is 0.587. The van der Waals surface area contributed by atoms with Crippen LogP contribution in [-0.4, -0.2) is 30.6 Å². The molecule has 0 atom stereocenters. The van der Waals surface area contributed by atoms with Crippen LogP contribution in [0.15, 0.2) is 18.2 Å². The molecule has 1 saturated heterocycles. The molecule has 1 aromatic rings. The van der Waals surface area contributed by atoms with Gasteiger partial charge in [-0.2, -0.15) is 5.26 Å². The summed E-state index contributed by atoms with van der Waals surface area (Å²) in [5.41, 5.74) is 3.35. The summed E-state index contributed by atoms with van der Waals surface area (Å²) in [6.45, 7) is 11.1. The Balaban J connectivity index is 1.82. The molecule has 0 spiro atoms. The molecule has 0 saturated carbocycles. The molecule has 21 heavy (non-hydrogen) atoms. The quantitative estimate of drug-likeness (QED) is 0.903. The van der Waals surface area contributed by atoms with Crippen molar-refractivity contribution in [2.75, 3.05) is 19.6 Å². The first-order chi connectivity index (χ1) is 10.1. The van der Waals surface area contributed by atoms with Crippen LogP contribution in [0.5, 0.6) is 0 Å².